The molecule has 0 heterocycles. The van der Waals surface area contributed by atoms with Crippen molar-refractivity contribution in [2.24, 2.45) is 0 Å². The SMILES string of the molecule is Cc1c(Cl)cccc1N(CCCC(=O)N(CCc1ccccc1)[C@H](C)C(=O)NC(C)C)S(C)(=O)=O. The maximum absolute atomic E-state index is 13.2. The Morgan fingerprint density at radius 1 is 1.00 bits per heavy atom. The van der Waals surface area contributed by atoms with Crippen molar-refractivity contribution in [1.82, 2.24) is 10.2 Å². The molecule has 35 heavy (non-hydrogen) atoms. The van der Waals surface area contributed by atoms with Crippen LogP contribution in [0.2, 0.25) is 5.02 Å². The lowest BCUT2D eigenvalue weighted by Crippen LogP contribution is -2.50. The predicted molar refractivity (Wildman–Crippen MR) is 142 cm³/mol. The Bertz CT molecular complexity index is 1110. The maximum atomic E-state index is 13.2. The van der Waals surface area contributed by atoms with Gasteiger partial charge in [0.15, 0.2) is 0 Å². The van der Waals surface area contributed by atoms with Gasteiger partial charge < -0.3 is 10.2 Å². The highest BCUT2D eigenvalue weighted by molar-refractivity contribution is 7.92. The summed E-state index contributed by atoms with van der Waals surface area (Å²) in [5.41, 5.74) is 2.23. The molecule has 0 spiro atoms. The molecule has 0 aliphatic rings. The standard InChI is InChI=1S/C26H36ClN3O4S/c1-19(2)28-26(32)21(4)29(18-16-22-11-7-6-8-12-22)25(31)15-10-17-30(35(5,33)34)24-14-9-13-23(27)20(24)3/h6-9,11-14,19,21H,10,15-18H2,1-5H3,(H,28,32)/t21-/m1/s1. The second-order valence-corrected chi connectivity index (χ2v) is 11.3. The first-order valence-electron chi connectivity index (χ1n) is 11.8. The fourth-order valence-electron chi connectivity index (χ4n) is 3.82. The Morgan fingerprint density at radius 3 is 2.26 bits per heavy atom. The Kier molecular flexibility index (Phi) is 10.6. The first kappa shape index (κ1) is 28.7. The molecule has 2 amide bonds. The number of carbonyl (C=O) groups excluding carboxylic acids is 2. The molecule has 0 saturated heterocycles. The Morgan fingerprint density at radius 2 is 1.66 bits per heavy atom. The molecule has 0 bridgehead atoms. The molecule has 1 atom stereocenters. The lowest BCUT2D eigenvalue weighted by atomic mass is 10.1. The number of carbonyl (C=O) groups is 2. The van der Waals surface area contributed by atoms with E-state index in [9.17, 15) is 18.0 Å². The minimum atomic E-state index is -3.58. The zero-order valence-electron chi connectivity index (χ0n) is 21.1. The molecule has 0 radical (unpaired) electrons. The molecule has 192 valence electrons. The summed E-state index contributed by atoms with van der Waals surface area (Å²) < 4.78 is 26.3. The van der Waals surface area contributed by atoms with Gasteiger partial charge in [0, 0.05) is 30.6 Å². The lowest BCUT2D eigenvalue weighted by Gasteiger charge is -2.30. The number of anilines is 1. The van der Waals surface area contributed by atoms with E-state index < -0.39 is 16.1 Å². The third-order valence-electron chi connectivity index (χ3n) is 5.74. The van der Waals surface area contributed by atoms with E-state index in [1.54, 1.807) is 36.9 Å². The number of nitrogens with zero attached hydrogens (tertiary/aromatic N) is 2. The quantitative estimate of drug-likeness (QED) is 0.454. The van der Waals surface area contributed by atoms with Crippen LogP contribution in [0.4, 0.5) is 5.69 Å². The van der Waals surface area contributed by atoms with Crippen molar-refractivity contribution < 1.29 is 18.0 Å². The van der Waals surface area contributed by atoms with Crippen LogP contribution in [0.25, 0.3) is 0 Å². The van der Waals surface area contributed by atoms with Crippen LogP contribution in [0.3, 0.4) is 0 Å². The van der Waals surface area contributed by atoms with Gasteiger partial charge in [0.25, 0.3) is 0 Å². The van der Waals surface area contributed by atoms with E-state index in [0.29, 0.717) is 35.7 Å². The summed E-state index contributed by atoms with van der Waals surface area (Å²) in [4.78, 5) is 27.5. The van der Waals surface area contributed by atoms with E-state index in [0.717, 1.165) is 11.8 Å². The molecule has 2 rings (SSSR count). The average molecular weight is 522 g/mol. The van der Waals surface area contributed by atoms with Crippen molar-refractivity contribution in [1.29, 1.82) is 0 Å². The monoisotopic (exact) mass is 521 g/mol. The first-order chi connectivity index (χ1) is 16.4. The van der Waals surface area contributed by atoms with Crippen LogP contribution < -0.4 is 9.62 Å². The third-order valence-corrected chi connectivity index (χ3v) is 7.33. The van der Waals surface area contributed by atoms with Gasteiger partial charge in [-0.25, -0.2) is 8.42 Å². The normalized spacial score (nSPS) is 12.3. The molecule has 0 aromatic heterocycles. The number of hydrogen-bond donors (Lipinski definition) is 1. The van der Waals surface area contributed by atoms with E-state index in [-0.39, 0.29) is 30.8 Å². The summed E-state index contributed by atoms with van der Waals surface area (Å²) in [5.74, 6) is -0.405. The van der Waals surface area contributed by atoms with Gasteiger partial charge in [-0.15, -0.1) is 0 Å². The zero-order chi connectivity index (χ0) is 26.2. The smallest absolute Gasteiger partial charge is 0.242 e. The number of benzene rings is 2. The van der Waals surface area contributed by atoms with Crippen LogP contribution in [0.15, 0.2) is 48.5 Å². The van der Waals surface area contributed by atoms with Gasteiger partial charge in [0.1, 0.15) is 6.04 Å². The number of nitrogens with one attached hydrogen (secondary N) is 1. The van der Waals surface area contributed by atoms with Gasteiger partial charge >= 0.3 is 0 Å². The minimum absolute atomic E-state index is 0.0414. The number of halogens is 1. The zero-order valence-corrected chi connectivity index (χ0v) is 22.7. The molecule has 2 aromatic carbocycles. The van der Waals surface area contributed by atoms with Crippen LogP contribution in [0, 0.1) is 6.92 Å². The summed E-state index contributed by atoms with van der Waals surface area (Å²) in [6.07, 6.45) is 2.17. The Hall–Kier alpha value is -2.58. The molecule has 0 aliphatic carbocycles. The van der Waals surface area contributed by atoms with Crippen LogP contribution in [0.1, 0.15) is 44.7 Å². The van der Waals surface area contributed by atoms with E-state index in [4.69, 9.17) is 11.6 Å². The summed E-state index contributed by atoms with van der Waals surface area (Å²) >= 11 is 6.20. The topological polar surface area (TPSA) is 86.8 Å². The van der Waals surface area contributed by atoms with Gasteiger partial charge in [0.05, 0.1) is 11.9 Å². The van der Waals surface area contributed by atoms with Gasteiger partial charge in [-0.3, -0.25) is 13.9 Å². The van der Waals surface area contributed by atoms with E-state index in [2.05, 4.69) is 5.32 Å². The van der Waals surface area contributed by atoms with Crippen LogP contribution >= 0.6 is 11.6 Å². The van der Waals surface area contributed by atoms with Crippen molar-refractivity contribution in [2.45, 2.75) is 59.0 Å². The Balaban J connectivity index is 2.14. The van der Waals surface area contributed by atoms with Gasteiger partial charge in [-0.05, 0) is 63.8 Å². The first-order valence-corrected chi connectivity index (χ1v) is 14.0. The van der Waals surface area contributed by atoms with Crippen molar-refractivity contribution in [3.05, 3.63) is 64.7 Å². The van der Waals surface area contributed by atoms with Crippen molar-refractivity contribution in [2.75, 3.05) is 23.7 Å². The highest BCUT2D eigenvalue weighted by atomic mass is 35.5. The average Bonchev–Trinajstić information content (AvgIpc) is 2.78. The van der Waals surface area contributed by atoms with Crippen LogP contribution in [0.5, 0.6) is 0 Å². The maximum Gasteiger partial charge on any atom is 0.242 e. The van der Waals surface area contributed by atoms with Gasteiger partial charge in [-0.1, -0.05) is 48.0 Å². The minimum Gasteiger partial charge on any atom is -0.352 e. The predicted octanol–water partition coefficient (Wildman–Crippen LogP) is 4.18. The van der Waals surface area contributed by atoms with E-state index in [1.807, 2.05) is 44.2 Å². The second-order valence-electron chi connectivity index (χ2n) is 8.98. The fraction of sp³-hybridized carbons (Fsp3) is 0.462. The molecular formula is C26H36ClN3O4S. The Labute approximate surface area is 214 Å². The van der Waals surface area contributed by atoms with Crippen molar-refractivity contribution in [3.63, 3.8) is 0 Å². The molecular weight excluding hydrogens is 486 g/mol. The van der Waals surface area contributed by atoms with Gasteiger partial charge in [-0.2, -0.15) is 0 Å². The fourth-order valence-corrected chi connectivity index (χ4v) is 5.01. The molecule has 0 saturated carbocycles. The molecule has 9 heteroatoms. The summed E-state index contributed by atoms with van der Waals surface area (Å²) in [6.45, 7) is 7.75. The molecule has 0 unspecified atom stereocenters. The molecule has 0 aliphatic heterocycles. The number of rotatable bonds is 12. The number of sulfonamides is 1. The largest absolute Gasteiger partial charge is 0.352 e. The van der Waals surface area contributed by atoms with Crippen LogP contribution in [-0.4, -0.2) is 56.6 Å². The highest BCUT2D eigenvalue weighted by Gasteiger charge is 2.27. The van der Waals surface area contributed by atoms with E-state index >= 15 is 0 Å². The second kappa shape index (κ2) is 12.9. The molecule has 2 aromatic rings. The van der Waals surface area contributed by atoms with Crippen molar-refractivity contribution >= 4 is 39.1 Å². The molecule has 1 N–H and O–H groups in total. The van der Waals surface area contributed by atoms with Crippen LogP contribution in [-0.2, 0) is 26.0 Å². The number of amides is 2. The molecule has 7 nitrogen and oxygen atoms in total. The summed E-state index contributed by atoms with van der Waals surface area (Å²) in [5, 5.41) is 3.35. The molecule has 0 fully saturated rings. The highest BCUT2D eigenvalue weighted by Crippen LogP contribution is 2.28. The number of hydrogen-bond acceptors (Lipinski definition) is 4. The summed E-state index contributed by atoms with van der Waals surface area (Å²) in [7, 11) is -3.58. The van der Waals surface area contributed by atoms with E-state index in [1.165, 1.54) is 4.31 Å². The lowest BCUT2D eigenvalue weighted by molar-refractivity contribution is -0.140. The van der Waals surface area contributed by atoms with Gasteiger partial charge in [0.2, 0.25) is 21.8 Å². The van der Waals surface area contributed by atoms with Crippen molar-refractivity contribution in [3.8, 4) is 0 Å². The summed E-state index contributed by atoms with van der Waals surface area (Å²) in [6, 6.07) is 14.2. The third kappa shape index (κ3) is 8.54.